The maximum Gasteiger partial charge on any atom is 0.490 e. The van der Waals surface area contributed by atoms with Crippen LogP contribution >= 0.6 is 0 Å². The van der Waals surface area contributed by atoms with Crippen LogP contribution in [-0.2, 0) is 4.79 Å². The van der Waals surface area contributed by atoms with Gasteiger partial charge < -0.3 is 19.9 Å². The lowest BCUT2D eigenvalue weighted by Crippen LogP contribution is -2.32. The summed E-state index contributed by atoms with van der Waals surface area (Å²) in [5.74, 6) is -7.84. The third kappa shape index (κ3) is 5.93. The molecule has 0 aliphatic carbocycles. The Morgan fingerprint density at radius 2 is 1.84 bits per heavy atom. The van der Waals surface area contributed by atoms with Crippen LogP contribution < -0.4 is 14.8 Å². The van der Waals surface area contributed by atoms with Gasteiger partial charge >= 0.3 is 12.1 Å². The van der Waals surface area contributed by atoms with Crippen LogP contribution in [0.5, 0.6) is 11.5 Å². The summed E-state index contributed by atoms with van der Waals surface area (Å²) >= 11 is 0. The lowest BCUT2D eigenvalue weighted by molar-refractivity contribution is -0.192. The maximum atomic E-state index is 13.2. The molecule has 0 atom stereocenters. The summed E-state index contributed by atoms with van der Waals surface area (Å²) in [6.07, 6.45) is -12.0. The number of nitrogens with one attached hydrogen (secondary N) is 1. The Labute approximate surface area is 155 Å². The average molecular weight is 372 g/mol. The fourth-order valence-electron chi connectivity index (χ4n) is 1.56. The number of methoxy groups -OCH3 is 2. The highest BCUT2D eigenvalue weighted by atomic mass is 19.4. The number of ketones is 1. The predicted octanol–water partition coefficient (Wildman–Crippen LogP) is 2.52. The van der Waals surface area contributed by atoms with E-state index in [1.54, 1.807) is 5.32 Å². The molecule has 140 valence electrons. The Morgan fingerprint density at radius 1 is 1.28 bits per heavy atom. The molecule has 0 amide bonds. The van der Waals surface area contributed by atoms with Crippen molar-refractivity contribution in [2.45, 2.75) is 18.9 Å². The Balaban J connectivity index is 0.000000718. The van der Waals surface area contributed by atoms with E-state index in [0.29, 0.717) is 0 Å². The van der Waals surface area contributed by atoms with E-state index in [1.807, 2.05) is 0 Å². The molecule has 1 heterocycles. The van der Waals surface area contributed by atoms with E-state index in [0.717, 1.165) is 6.07 Å². The molecular formula is C16H20F3NO5. The number of carboxylic acids is 1. The fraction of sp³-hybridized carbons (Fsp3) is 0.500. The van der Waals surface area contributed by atoms with E-state index in [1.165, 1.54) is 26.4 Å². The second kappa shape index (κ2) is 9.26. The summed E-state index contributed by atoms with van der Waals surface area (Å²) in [6.45, 7) is -6.43. The molecule has 25 heavy (non-hydrogen) atoms. The number of hydrogen-bond donors (Lipinski definition) is 2. The van der Waals surface area contributed by atoms with E-state index in [9.17, 15) is 18.0 Å². The van der Waals surface area contributed by atoms with Gasteiger partial charge in [0.2, 0.25) is 0 Å². The van der Waals surface area contributed by atoms with Crippen LogP contribution in [0, 0.1) is 5.89 Å². The summed E-state index contributed by atoms with van der Waals surface area (Å²) in [5, 5.41) is 8.74. The number of aliphatic carboxylic acids is 1. The molecule has 1 aliphatic heterocycles. The van der Waals surface area contributed by atoms with Crippen LogP contribution in [0.2, 0.25) is 0 Å². The Bertz CT molecular complexity index is 931. The Kier molecular flexibility index (Phi) is 3.94. The van der Waals surface area contributed by atoms with Crippen molar-refractivity contribution < 1.29 is 49.7 Å². The minimum Gasteiger partial charge on any atom is -0.493 e. The molecule has 0 unspecified atom stereocenters. The summed E-state index contributed by atoms with van der Waals surface area (Å²) in [7, 11) is 2.47. The van der Waals surface area contributed by atoms with Crippen molar-refractivity contribution in [2.75, 3.05) is 27.2 Å². The number of hydrogen-bond acceptors (Lipinski definition) is 5. The number of carbonyl (C=O) groups is 2. The number of para-hydroxylation sites is 1. The van der Waals surface area contributed by atoms with Crippen LogP contribution in [0.15, 0.2) is 18.2 Å². The molecule has 1 saturated heterocycles. The third-order valence-corrected chi connectivity index (χ3v) is 2.62. The van der Waals surface area contributed by atoms with Gasteiger partial charge in [0.15, 0.2) is 17.3 Å². The Morgan fingerprint density at radius 3 is 2.28 bits per heavy atom. The molecule has 0 aromatic heterocycles. The molecule has 1 aromatic carbocycles. The molecule has 0 radical (unpaired) electrons. The van der Waals surface area contributed by atoms with Crippen molar-refractivity contribution in [1.29, 1.82) is 0 Å². The molecule has 6 nitrogen and oxygen atoms in total. The molecular weight excluding hydrogens is 343 g/mol. The van der Waals surface area contributed by atoms with Crippen molar-refractivity contribution in [3.63, 3.8) is 0 Å². The van der Waals surface area contributed by atoms with E-state index in [-0.39, 0.29) is 11.5 Å². The summed E-state index contributed by atoms with van der Waals surface area (Å²) in [4.78, 5) is 22.1. The second-order valence-electron chi connectivity index (χ2n) is 4.17. The second-order valence-corrected chi connectivity index (χ2v) is 4.17. The highest BCUT2D eigenvalue weighted by molar-refractivity contribution is 6.01. The van der Waals surface area contributed by atoms with E-state index in [4.69, 9.17) is 31.7 Å². The zero-order valence-electron chi connectivity index (χ0n) is 21.9. The highest BCUT2D eigenvalue weighted by Gasteiger charge is 2.38. The van der Waals surface area contributed by atoms with E-state index in [2.05, 4.69) is 0 Å². The van der Waals surface area contributed by atoms with Gasteiger partial charge in [-0.25, -0.2) is 4.79 Å². The minimum atomic E-state index is -5.08. The van der Waals surface area contributed by atoms with Crippen LogP contribution in [0.4, 0.5) is 13.2 Å². The fourth-order valence-corrected chi connectivity index (χ4v) is 1.56. The normalized spacial score (nSPS) is 29.6. The molecule has 2 N–H and O–H groups in total. The van der Waals surface area contributed by atoms with Gasteiger partial charge in [0.25, 0.3) is 0 Å². The van der Waals surface area contributed by atoms with Crippen molar-refractivity contribution in [1.82, 2.24) is 5.32 Å². The number of carbonyl (C=O) groups excluding carboxylic acids is 1. The van der Waals surface area contributed by atoms with Gasteiger partial charge in [-0.05, 0) is 37.9 Å². The number of Topliss-reactive ketones (excluding diaryl/α,β-unsaturated/α-hetero) is 1. The van der Waals surface area contributed by atoms with Crippen molar-refractivity contribution in [2.24, 2.45) is 5.89 Å². The number of piperidine rings is 1. The smallest absolute Gasteiger partial charge is 0.490 e. The molecule has 9 heteroatoms. The van der Waals surface area contributed by atoms with Crippen molar-refractivity contribution >= 4 is 11.8 Å². The van der Waals surface area contributed by atoms with Gasteiger partial charge in [-0.2, -0.15) is 13.2 Å². The summed E-state index contributed by atoms with van der Waals surface area (Å²) in [5.41, 5.74) is -0.423. The van der Waals surface area contributed by atoms with Crippen LogP contribution in [0.1, 0.15) is 35.4 Å². The SMILES string of the molecule is O=C(O)C(F)(F)F.[2H]C1([2H])NC([2H])([2H])C([2H])([2H])C([2H])(C(=O)c2cccc(OC)c2OC)C1([2H])[2H]. The first-order chi connectivity index (χ1) is 15.1. The Hall–Kier alpha value is -2.29. The standard InChI is InChI=1S/C14H19NO3.C2HF3O2/c1-17-12-5-3-4-11(14(12)18-2)13(16)10-6-8-15-9-7-10;3-2(4,5)1(6)7/h3-5,10,15H,6-9H2,1-2H3;(H,6,7)/i6D2,7D2,8D2,9D2,10D;. The first kappa shape index (κ1) is 10.6. The van der Waals surface area contributed by atoms with Gasteiger partial charge in [0.1, 0.15) is 0 Å². The minimum absolute atomic E-state index is 0.0630. The van der Waals surface area contributed by atoms with Crippen LogP contribution in [0.25, 0.3) is 0 Å². The number of halogens is 3. The maximum absolute atomic E-state index is 13.2. The average Bonchev–Trinajstić information content (AvgIpc) is 2.69. The molecule has 1 aromatic rings. The monoisotopic (exact) mass is 372 g/mol. The number of carboxylic acid groups (broad SMARTS) is 1. The molecule has 2 rings (SSSR count). The largest absolute Gasteiger partial charge is 0.493 e. The number of benzene rings is 1. The van der Waals surface area contributed by atoms with Crippen molar-refractivity contribution in [3.8, 4) is 11.5 Å². The van der Waals surface area contributed by atoms with Crippen molar-refractivity contribution in [3.05, 3.63) is 23.8 Å². The molecule has 0 spiro atoms. The topological polar surface area (TPSA) is 84.9 Å². The first-order valence-corrected chi connectivity index (χ1v) is 6.42. The van der Waals surface area contributed by atoms with Gasteiger partial charge in [-0.1, -0.05) is 6.07 Å². The molecule has 0 saturated carbocycles. The first-order valence-electron chi connectivity index (χ1n) is 10.9. The third-order valence-electron chi connectivity index (χ3n) is 2.62. The van der Waals surface area contributed by atoms with Crippen LogP contribution in [0.3, 0.4) is 0 Å². The molecule has 1 aliphatic rings. The lowest BCUT2D eigenvalue weighted by Gasteiger charge is -2.22. The van der Waals surface area contributed by atoms with Crippen LogP contribution in [-0.4, -0.2) is 50.2 Å². The van der Waals surface area contributed by atoms with Gasteiger partial charge in [0.05, 0.1) is 19.8 Å². The number of ether oxygens (including phenoxy) is 2. The molecule has 1 fully saturated rings. The quantitative estimate of drug-likeness (QED) is 0.790. The highest BCUT2D eigenvalue weighted by Crippen LogP contribution is 2.33. The zero-order chi connectivity index (χ0) is 27.1. The molecule has 0 bridgehead atoms. The van der Waals surface area contributed by atoms with E-state index >= 15 is 0 Å². The number of rotatable bonds is 4. The van der Waals surface area contributed by atoms with Gasteiger partial charge in [-0.15, -0.1) is 0 Å². The zero-order valence-corrected chi connectivity index (χ0v) is 12.9. The van der Waals surface area contributed by atoms with Gasteiger partial charge in [0, 0.05) is 18.2 Å². The summed E-state index contributed by atoms with van der Waals surface area (Å²) in [6, 6.07) is 3.92. The predicted molar refractivity (Wildman–Crippen MR) is 83.2 cm³/mol. The van der Waals surface area contributed by atoms with E-state index < -0.39 is 55.1 Å². The lowest BCUT2D eigenvalue weighted by atomic mass is 9.89. The van der Waals surface area contributed by atoms with Gasteiger partial charge in [-0.3, -0.25) is 4.79 Å². The number of alkyl halides is 3. The summed E-state index contributed by atoms with van der Waals surface area (Å²) < 4.78 is 114.